The highest BCUT2D eigenvalue weighted by molar-refractivity contribution is 7.86. The number of fused-ring (bicyclic) bond motifs is 5. The molecule has 0 aliphatic heterocycles. The van der Waals surface area contributed by atoms with Crippen molar-refractivity contribution in [2.75, 3.05) is 13.2 Å². The number of hydrogen-bond donors (Lipinski definition) is 1. The zero-order chi connectivity index (χ0) is 32.3. The molecule has 1 aromatic carbocycles. The quantitative estimate of drug-likeness (QED) is 0.207. The zero-order valence-corrected chi connectivity index (χ0v) is 27.5. The molecule has 4 aliphatic rings. The molecule has 0 saturated heterocycles. The van der Waals surface area contributed by atoms with Gasteiger partial charge < -0.3 is 14.6 Å². The highest BCUT2D eigenvalue weighted by Gasteiger charge is 2.76. The van der Waals surface area contributed by atoms with E-state index in [1.54, 1.807) is 26.0 Å². The Kier molecular flexibility index (Phi) is 8.68. The minimum Gasteiger partial charge on any atom is -0.434 e. The predicted octanol–water partition coefficient (Wildman–Crippen LogP) is 5.80. The number of alkyl halides is 1. The average Bonchev–Trinajstić information content (AvgIpc) is 3.18. The van der Waals surface area contributed by atoms with Gasteiger partial charge in [0.25, 0.3) is 10.1 Å². The van der Waals surface area contributed by atoms with Gasteiger partial charge in [-0.2, -0.15) is 8.42 Å². The van der Waals surface area contributed by atoms with Crippen molar-refractivity contribution >= 4 is 51.0 Å². The molecule has 0 amide bonds. The second-order valence-electron chi connectivity index (χ2n) is 12.9. The summed E-state index contributed by atoms with van der Waals surface area (Å²) in [6.45, 7) is 6.48. The summed E-state index contributed by atoms with van der Waals surface area (Å²) in [6, 6.07) is 5.32. The van der Waals surface area contributed by atoms with E-state index < -0.39 is 62.0 Å². The Hall–Kier alpha value is -2.24. The number of aliphatic hydroxyl groups excluding tert-OH is 1. The Labute approximate surface area is 268 Å². The second-order valence-corrected chi connectivity index (χ2v) is 15.6. The van der Waals surface area contributed by atoms with Crippen molar-refractivity contribution in [2.45, 2.75) is 81.3 Å². The SMILES string of the molecule is CCCOC(=O)O[C@]1(C(=O)COS(=O)(=O)c2ccc(Cl)cc2)[C@H](C)C[C@H]2[C@@H]3CCC4=CC(=O)C=C[C@]4(C)[C@@]3(Cl)C(O)C[C@@]21C. The lowest BCUT2D eigenvalue weighted by molar-refractivity contribution is -0.184. The molecule has 0 bridgehead atoms. The molecule has 4 aliphatic carbocycles. The summed E-state index contributed by atoms with van der Waals surface area (Å²) in [4.78, 5) is 38.3. The molecular weight excluding hydrogens is 631 g/mol. The lowest BCUT2D eigenvalue weighted by Crippen LogP contribution is -2.69. The standard InChI is InChI=1S/C32H38Cl2O9S/c1-5-14-41-28(38)43-32(27(37)18-42-44(39,40)23-9-7-21(33)8-10-23)19(2)15-25-24-11-6-20-16-22(35)12-13-29(20,3)31(24,34)26(36)17-30(25,32)4/h7-10,12-13,16,19,24-26,36H,5-6,11,14-15,17-18H2,1-4H3/t19-,24+,25+,26?,29+,30+,31+,32+/m1/s1. The van der Waals surface area contributed by atoms with Gasteiger partial charge in [-0.05, 0) is 80.4 Å². The number of ketones is 2. The summed E-state index contributed by atoms with van der Waals surface area (Å²) in [7, 11) is -4.37. The molecule has 240 valence electrons. The van der Waals surface area contributed by atoms with E-state index in [9.17, 15) is 27.9 Å². The van der Waals surface area contributed by atoms with Gasteiger partial charge in [-0.3, -0.25) is 13.8 Å². The van der Waals surface area contributed by atoms with E-state index in [2.05, 4.69) is 0 Å². The van der Waals surface area contributed by atoms with Crippen LogP contribution in [-0.2, 0) is 33.4 Å². The zero-order valence-electron chi connectivity index (χ0n) is 25.2. The molecule has 1 aromatic rings. The Balaban J connectivity index is 1.54. The minimum atomic E-state index is -4.37. The fraction of sp³-hybridized carbons (Fsp3) is 0.594. The van der Waals surface area contributed by atoms with Gasteiger partial charge in [-0.25, -0.2) is 4.79 Å². The normalized spacial score (nSPS) is 37.8. The van der Waals surface area contributed by atoms with E-state index in [1.165, 1.54) is 30.3 Å². The van der Waals surface area contributed by atoms with Crippen molar-refractivity contribution in [3.8, 4) is 0 Å². The molecular formula is C32H38Cl2O9S. The maximum absolute atomic E-state index is 14.3. The number of carbonyl (C=O) groups is 3. The summed E-state index contributed by atoms with van der Waals surface area (Å²) in [5, 5.41) is 12.3. The van der Waals surface area contributed by atoms with E-state index in [0.717, 1.165) is 5.57 Å². The molecule has 3 saturated carbocycles. The number of carbonyl (C=O) groups excluding carboxylic acids is 3. The van der Waals surface area contributed by atoms with Crippen LogP contribution in [0.2, 0.25) is 5.02 Å². The van der Waals surface area contributed by atoms with Crippen molar-refractivity contribution in [3.05, 3.63) is 53.1 Å². The molecule has 0 radical (unpaired) electrons. The highest BCUT2D eigenvalue weighted by atomic mass is 35.5. The van der Waals surface area contributed by atoms with Crippen LogP contribution in [0, 0.1) is 28.6 Å². The number of aliphatic hydroxyl groups is 1. The minimum absolute atomic E-state index is 0.0244. The largest absolute Gasteiger partial charge is 0.509 e. The van der Waals surface area contributed by atoms with Crippen LogP contribution in [0.15, 0.2) is 53.0 Å². The first-order chi connectivity index (χ1) is 20.6. The summed E-state index contributed by atoms with van der Waals surface area (Å²) in [5.41, 5.74) is -3.00. The van der Waals surface area contributed by atoms with Gasteiger partial charge in [0, 0.05) is 21.8 Å². The van der Waals surface area contributed by atoms with Crippen LogP contribution in [0.4, 0.5) is 4.79 Å². The molecule has 0 heterocycles. The number of ether oxygens (including phenoxy) is 2. The topological polar surface area (TPSA) is 133 Å². The van der Waals surface area contributed by atoms with E-state index in [0.29, 0.717) is 30.7 Å². The van der Waals surface area contributed by atoms with E-state index >= 15 is 0 Å². The molecule has 5 rings (SSSR count). The van der Waals surface area contributed by atoms with Gasteiger partial charge in [-0.15, -0.1) is 11.6 Å². The third kappa shape index (κ3) is 4.87. The van der Waals surface area contributed by atoms with Crippen molar-refractivity contribution in [2.24, 2.45) is 28.6 Å². The number of hydrogen-bond acceptors (Lipinski definition) is 9. The summed E-state index contributed by atoms with van der Waals surface area (Å²) >= 11 is 13.4. The molecule has 9 nitrogen and oxygen atoms in total. The van der Waals surface area contributed by atoms with Crippen LogP contribution in [0.3, 0.4) is 0 Å². The van der Waals surface area contributed by atoms with Crippen molar-refractivity contribution in [1.82, 2.24) is 0 Å². The van der Waals surface area contributed by atoms with Gasteiger partial charge in [0.1, 0.15) is 6.61 Å². The van der Waals surface area contributed by atoms with Gasteiger partial charge in [0.05, 0.1) is 22.5 Å². The van der Waals surface area contributed by atoms with Gasteiger partial charge >= 0.3 is 6.16 Å². The van der Waals surface area contributed by atoms with Crippen LogP contribution >= 0.6 is 23.2 Å². The molecule has 3 fully saturated rings. The summed E-state index contributed by atoms with van der Waals surface area (Å²) < 4.78 is 42.5. The van der Waals surface area contributed by atoms with E-state index in [4.69, 9.17) is 36.9 Å². The Morgan fingerprint density at radius 1 is 1.14 bits per heavy atom. The smallest absolute Gasteiger partial charge is 0.434 e. The predicted molar refractivity (Wildman–Crippen MR) is 163 cm³/mol. The molecule has 12 heteroatoms. The third-order valence-electron chi connectivity index (χ3n) is 10.7. The maximum Gasteiger partial charge on any atom is 0.509 e. The Morgan fingerprint density at radius 3 is 2.48 bits per heavy atom. The van der Waals surface area contributed by atoms with Crippen molar-refractivity contribution in [3.63, 3.8) is 0 Å². The highest BCUT2D eigenvalue weighted by Crippen LogP contribution is 2.72. The van der Waals surface area contributed by atoms with E-state index in [1.807, 2.05) is 13.8 Å². The van der Waals surface area contributed by atoms with E-state index in [-0.39, 0.29) is 35.5 Å². The number of rotatable bonds is 8. The monoisotopic (exact) mass is 668 g/mol. The fourth-order valence-corrected chi connectivity index (χ4v) is 10.2. The second kappa shape index (κ2) is 11.5. The van der Waals surface area contributed by atoms with Gasteiger partial charge in [0.15, 0.2) is 11.4 Å². The Bertz CT molecular complexity index is 1520. The lowest BCUT2D eigenvalue weighted by Gasteiger charge is -2.64. The van der Waals surface area contributed by atoms with Gasteiger partial charge in [0.2, 0.25) is 5.78 Å². The van der Waals surface area contributed by atoms with Crippen molar-refractivity contribution < 1.29 is 41.6 Å². The van der Waals surface area contributed by atoms with Crippen LogP contribution < -0.4 is 0 Å². The Morgan fingerprint density at radius 2 is 1.82 bits per heavy atom. The fourth-order valence-electron chi connectivity index (χ4n) is 8.65. The number of allylic oxidation sites excluding steroid dienone is 4. The van der Waals surface area contributed by atoms with Crippen molar-refractivity contribution in [1.29, 1.82) is 0 Å². The molecule has 8 atom stereocenters. The third-order valence-corrected chi connectivity index (χ3v) is 13.2. The van der Waals surface area contributed by atoms with Crippen LogP contribution in [0.1, 0.15) is 59.8 Å². The van der Waals surface area contributed by atoms with Crippen LogP contribution in [0.5, 0.6) is 0 Å². The van der Waals surface area contributed by atoms with Crippen LogP contribution in [-0.4, -0.2) is 61.0 Å². The number of Topliss-reactive ketones (excluding diaryl/α,β-unsaturated/α-hetero) is 1. The first-order valence-corrected chi connectivity index (χ1v) is 17.1. The van der Waals surface area contributed by atoms with Crippen LogP contribution in [0.25, 0.3) is 0 Å². The first kappa shape index (κ1) is 33.1. The summed E-state index contributed by atoms with van der Waals surface area (Å²) in [5.74, 6) is -2.11. The number of halogens is 2. The molecule has 0 aromatic heterocycles. The molecule has 0 spiro atoms. The summed E-state index contributed by atoms with van der Waals surface area (Å²) in [6.07, 6.45) is 4.65. The molecule has 1 N–H and O–H groups in total. The lowest BCUT2D eigenvalue weighted by atomic mass is 9.45. The maximum atomic E-state index is 14.3. The average molecular weight is 670 g/mol. The molecule has 1 unspecified atom stereocenters. The van der Waals surface area contributed by atoms with Gasteiger partial charge in [-0.1, -0.05) is 50.9 Å². The molecule has 44 heavy (non-hydrogen) atoms. The first-order valence-electron chi connectivity index (χ1n) is 14.9. The number of benzene rings is 1.